The number of aromatic nitrogens is 4. The Morgan fingerprint density at radius 2 is 1.83 bits per heavy atom. The van der Waals surface area contributed by atoms with Crippen LogP contribution < -0.4 is 5.69 Å². The van der Waals surface area contributed by atoms with Gasteiger partial charge in [-0.25, -0.2) is 18.7 Å². The van der Waals surface area contributed by atoms with Gasteiger partial charge in [0.1, 0.15) is 5.15 Å². The van der Waals surface area contributed by atoms with Crippen LogP contribution in [0.5, 0.6) is 0 Å². The van der Waals surface area contributed by atoms with E-state index in [1.54, 1.807) is 6.20 Å². The molecule has 0 aliphatic carbocycles. The maximum Gasteiger partial charge on any atom is 0.355 e. The van der Waals surface area contributed by atoms with E-state index in [2.05, 4.69) is 48.8 Å². The Kier molecular flexibility index (Phi) is 8.41. The average Bonchev–Trinajstić information content (AvgIpc) is 2.74. The maximum atomic E-state index is 14.2. The molecule has 0 spiro atoms. The van der Waals surface area contributed by atoms with E-state index in [4.69, 9.17) is 27.6 Å². The highest BCUT2D eigenvalue weighted by molar-refractivity contribution is 6.74. The van der Waals surface area contributed by atoms with E-state index in [0.29, 0.717) is 18.7 Å². The van der Waals surface area contributed by atoms with Gasteiger partial charge in [0.15, 0.2) is 24.9 Å². The van der Waals surface area contributed by atoms with Gasteiger partial charge in [-0.15, -0.1) is 0 Å². The van der Waals surface area contributed by atoms with Gasteiger partial charge in [-0.2, -0.15) is 4.98 Å². The minimum Gasteiger partial charge on any atom is -0.417 e. The Hall–Kier alpha value is -1.87. The lowest BCUT2D eigenvalue weighted by atomic mass is 10.0. The maximum absolute atomic E-state index is 14.2. The summed E-state index contributed by atoms with van der Waals surface area (Å²) < 4.78 is 21.8. The molecule has 0 bridgehead atoms. The number of unbranched alkanes of at least 4 members (excludes halogenated alkanes) is 1. The predicted octanol–water partition coefficient (Wildman–Crippen LogP) is 7.09. The molecule has 0 saturated heterocycles. The number of aryl methyl sites for hydroxylation is 1. The molecule has 3 aromatic rings. The van der Waals surface area contributed by atoms with Crippen LogP contribution in [0.4, 0.5) is 4.39 Å². The van der Waals surface area contributed by atoms with Gasteiger partial charge in [0.25, 0.3) is 0 Å². The SMILES string of the molecule is CC(C)c1nccc(CCCCO[Si](C)(C)C(C)(C)C)c1-n1c(=O)nc(Cl)c2cc(F)c(Cl)nc21. The zero-order chi connectivity index (χ0) is 26.1. The smallest absolute Gasteiger partial charge is 0.355 e. The van der Waals surface area contributed by atoms with Crippen LogP contribution in [0.1, 0.15) is 64.6 Å². The Balaban J connectivity index is 2.01. The molecule has 0 N–H and O–H groups in total. The van der Waals surface area contributed by atoms with Crippen molar-refractivity contribution in [3.8, 4) is 5.69 Å². The van der Waals surface area contributed by atoms with E-state index in [0.717, 1.165) is 30.2 Å². The molecule has 10 heteroatoms. The molecule has 3 aromatic heterocycles. The Morgan fingerprint density at radius 1 is 1.14 bits per heavy atom. The lowest BCUT2D eigenvalue weighted by Crippen LogP contribution is -2.40. The van der Waals surface area contributed by atoms with Crippen LogP contribution in [0.25, 0.3) is 16.7 Å². The summed E-state index contributed by atoms with van der Waals surface area (Å²) in [6.07, 6.45) is 4.19. The minimum atomic E-state index is -1.80. The van der Waals surface area contributed by atoms with E-state index in [1.165, 1.54) is 4.57 Å². The second-order valence-electron chi connectivity index (χ2n) is 10.6. The minimum absolute atomic E-state index is 0.0143. The molecule has 0 aromatic carbocycles. The molecular formula is C25H33Cl2FN4O2Si. The van der Waals surface area contributed by atoms with Gasteiger partial charge in [0.2, 0.25) is 0 Å². The van der Waals surface area contributed by atoms with Crippen LogP contribution in [-0.4, -0.2) is 34.4 Å². The standard InChI is InChI=1S/C25H33Cl2FN4O2Si/c1-15(2)19-20(32-23-17(21(26)31-24(32)33)14-18(28)22(27)30-23)16(11-12-29-19)10-8-9-13-34-35(6,7)25(3,4)5/h11-12,14-15H,8-10,13H2,1-7H3. The fourth-order valence-electron chi connectivity index (χ4n) is 3.62. The highest BCUT2D eigenvalue weighted by Crippen LogP contribution is 2.36. The number of pyridine rings is 2. The normalized spacial score (nSPS) is 12.7. The molecule has 0 saturated carbocycles. The molecule has 6 nitrogen and oxygen atoms in total. The van der Waals surface area contributed by atoms with Crippen molar-refractivity contribution in [2.24, 2.45) is 0 Å². The summed E-state index contributed by atoms with van der Waals surface area (Å²) in [6.45, 7) is 15.9. The van der Waals surface area contributed by atoms with Crippen molar-refractivity contribution in [1.82, 2.24) is 19.5 Å². The van der Waals surface area contributed by atoms with Crippen molar-refractivity contribution >= 4 is 42.6 Å². The van der Waals surface area contributed by atoms with E-state index in [-0.39, 0.29) is 32.3 Å². The van der Waals surface area contributed by atoms with Crippen molar-refractivity contribution < 1.29 is 8.82 Å². The molecule has 3 rings (SSSR count). The highest BCUT2D eigenvalue weighted by atomic mass is 35.5. The van der Waals surface area contributed by atoms with Crippen LogP contribution in [0.3, 0.4) is 0 Å². The van der Waals surface area contributed by atoms with E-state index in [1.807, 2.05) is 19.9 Å². The average molecular weight is 540 g/mol. The molecule has 35 heavy (non-hydrogen) atoms. The molecule has 190 valence electrons. The third kappa shape index (κ3) is 5.93. The van der Waals surface area contributed by atoms with Crippen molar-refractivity contribution in [3.05, 3.63) is 56.2 Å². The summed E-state index contributed by atoms with van der Waals surface area (Å²) >= 11 is 12.2. The van der Waals surface area contributed by atoms with Gasteiger partial charge in [0.05, 0.1) is 16.8 Å². The topological polar surface area (TPSA) is 69.9 Å². The van der Waals surface area contributed by atoms with Gasteiger partial charge in [0, 0.05) is 12.8 Å². The van der Waals surface area contributed by atoms with Crippen LogP contribution in [0, 0.1) is 5.82 Å². The second-order valence-corrected chi connectivity index (χ2v) is 16.1. The first kappa shape index (κ1) is 27.7. The lowest BCUT2D eigenvalue weighted by molar-refractivity contribution is 0.279. The van der Waals surface area contributed by atoms with E-state index >= 15 is 0 Å². The summed E-state index contributed by atoms with van der Waals surface area (Å²) in [6, 6.07) is 3.05. The van der Waals surface area contributed by atoms with E-state index in [9.17, 15) is 9.18 Å². The van der Waals surface area contributed by atoms with Crippen LogP contribution >= 0.6 is 23.2 Å². The van der Waals surface area contributed by atoms with Gasteiger partial charge in [-0.05, 0) is 61.0 Å². The molecule has 0 fully saturated rings. The molecule has 0 atom stereocenters. The molecule has 0 aliphatic heterocycles. The van der Waals surface area contributed by atoms with Crippen molar-refractivity contribution in [1.29, 1.82) is 0 Å². The zero-order valence-corrected chi connectivity index (χ0v) is 23.9. The summed E-state index contributed by atoms with van der Waals surface area (Å²) in [5, 5.41) is -0.0917. The summed E-state index contributed by atoms with van der Waals surface area (Å²) in [5.74, 6) is -0.717. The molecule has 0 amide bonds. The lowest BCUT2D eigenvalue weighted by Gasteiger charge is -2.36. The number of hydrogen-bond acceptors (Lipinski definition) is 5. The first-order chi connectivity index (χ1) is 16.2. The quantitative estimate of drug-likeness (QED) is 0.132. The first-order valence-corrected chi connectivity index (χ1v) is 15.5. The van der Waals surface area contributed by atoms with Crippen LogP contribution in [0.2, 0.25) is 28.4 Å². The summed E-state index contributed by atoms with van der Waals surface area (Å²) in [5.41, 5.74) is 1.77. The summed E-state index contributed by atoms with van der Waals surface area (Å²) in [7, 11) is -1.80. The Labute approximate surface area is 217 Å². The third-order valence-corrected chi connectivity index (χ3v) is 11.7. The van der Waals surface area contributed by atoms with E-state index < -0.39 is 19.8 Å². The van der Waals surface area contributed by atoms with Crippen LogP contribution in [-0.2, 0) is 10.8 Å². The number of rotatable bonds is 8. The molecule has 0 unspecified atom stereocenters. The first-order valence-electron chi connectivity index (χ1n) is 11.8. The van der Waals surface area contributed by atoms with Crippen molar-refractivity contribution in [2.45, 2.75) is 77.9 Å². The van der Waals surface area contributed by atoms with Crippen LogP contribution in [0.15, 0.2) is 23.1 Å². The molecular weight excluding hydrogens is 506 g/mol. The monoisotopic (exact) mass is 538 g/mol. The number of nitrogens with zero attached hydrogens (tertiary/aromatic N) is 4. The van der Waals surface area contributed by atoms with Crippen molar-refractivity contribution in [2.75, 3.05) is 6.61 Å². The number of fused-ring (bicyclic) bond motifs is 1. The second kappa shape index (κ2) is 10.6. The third-order valence-electron chi connectivity index (χ3n) is 6.65. The number of halogens is 3. The fourth-order valence-corrected chi connectivity index (χ4v) is 5.06. The predicted molar refractivity (Wildman–Crippen MR) is 143 cm³/mol. The zero-order valence-electron chi connectivity index (χ0n) is 21.4. The van der Waals surface area contributed by atoms with Gasteiger partial charge >= 0.3 is 5.69 Å². The van der Waals surface area contributed by atoms with Crippen molar-refractivity contribution in [3.63, 3.8) is 0 Å². The Morgan fingerprint density at radius 3 is 2.46 bits per heavy atom. The molecule has 3 heterocycles. The van der Waals surface area contributed by atoms with Gasteiger partial charge in [-0.3, -0.25) is 4.98 Å². The van der Waals surface area contributed by atoms with Gasteiger partial charge < -0.3 is 4.43 Å². The van der Waals surface area contributed by atoms with Gasteiger partial charge in [-0.1, -0.05) is 57.8 Å². The Bertz CT molecular complexity index is 1290. The fraction of sp³-hybridized carbons (Fsp3) is 0.520. The molecule has 0 aliphatic rings. The largest absolute Gasteiger partial charge is 0.417 e. The summed E-state index contributed by atoms with van der Waals surface area (Å²) in [4.78, 5) is 25.8. The molecule has 0 radical (unpaired) electrons. The number of hydrogen-bond donors (Lipinski definition) is 0. The highest BCUT2D eigenvalue weighted by Gasteiger charge is 2.36.